The minimum atomic E-state index is -1.02. The summed E-state index contributed by atoms with van der Waals surface area (Å²) in [6, 6.07) is 7.48. The van der Waals surface area contributed by atoms with Crippen LogP contribution in [0.15, 0.2) is 24.3 Å². The van der Waals surface area contributed by atoms with E-state index in [4.69, 9.17) is 14.6 Å². The van der Waals surface area contributed by atoms with Crippen molar-refractivity contribution in [1.29, 1.82) is 0 Å². The molecule has 6 nitrogen and oxygen atoms in total. The van der Waals surface area contributed by atoms with Gasteiger partial charge in [-0.25, -0.2) is 4.79 Å². The summed E-state index contributed by atoms with van der Waals surface area (Å²) in [7, 11) is 0. The average Bonchev–Trinajstić information content (AvgIpc) is 2.95. The van der Waals surface area contributed by atoms with E-state index in [1.807, 2.05) is 38.1 Å². The van der Waals surface area contributed by atoms with Crippen molar-refractivity contribution in [1.82, 2.24) is 5.32 Å². The number of carboxylic acid groups (broad SMARTS) is 1. The van der Waals surface area contributed by atoms with E-state index < -0.39 is 18.2 Å². The van der Waals surface area contributed by atoms with Gasteiger partial charge in [0.05, 0.1) is 6.04 Å². The number of carbonyl (C=O) groups excluding carboxylic acids is 1. The summed E-state index contributed by atoms with van der Waals surface area (Å²) in [5.41, 5.74) is 1.10. The van der Waals surface area contributed by atoms with Crippen molar-refractivity contribution in [2.45, 2.75) is 44.9 Å². The van der Waals surface area contributed by atoms with Crippen molar-refractivity contribution in [2.75, 3.05) is 6.61 Å². The lowest BCUT2D eigenvalue weighted by atomic mass is 10.2. The predicted molar refractivity (Wildman–Crippen MR) is 79.8 cm³/mol. The predicted octanol–water partition coefficient (Wildman–Crippen LogP) is 1.51. The lowest BCUT2D eigenvalue weighted by molar-refractivity contribution is -0.151. The highest BCUT2D eigenvalue weighted by Gasteiger charge is 2.35. The molecule has 0 spiro atoms. The van der Waals surface area contributed by atoms with E-state index in [-0.39, 0.29) is 11.9 Å². The number of aliphatic carboxylic acids is 1. The van der Waals surface area contributed by atoms with E-state index >= 15 is 0 Å². The fraction of sp³-hybridized carbons (Fsp3) is 0.500. The highest BCUT2D eigenvalue weighted by molar-refractivity contribution is 5.82. The summed E-state index contributed by atoms with van der Waals surface area (Å²) in [5, 5.41) is 11.6. The van der Waals surface area contributed by atoms with Crippen LogP contribution in [0.4, 0.5) is 0 Å². The number of benzene rings is 1. The summed E-state index contributed by atoms with van der Waals surface area (Å²) in [5.74, 6) is -0.556. The second kappa shape index (κ2) is 7.26. The number of aryl methyl sites for hydroxylation is 1. The van der Waals surface area contributed by atoms with Crippen molar-refractivity contribution >= 4 is 11.9 Å². The lowest BCUT2D eigenvalue weighted by Crippen LogP contribution is -2.43. The van der Waals surface area contributed by atoms with Gasteiger partial charge in [-0.2, -0.15) is 0 Å². The smallest absolute Gasteiger partial charge is 0.332 e. The van der Waals surface area contributed by atoms with Crippen LogP contribution in [0.2, 0.25) is 0 Å². The van der Waals surface area contributed by atoms with Gasteiger partial charge < -0.3 is 19.9 Å². The largest absolute Gasteiger partial charge is 0.491 e. The Balaban J connectivity index is 1.76. The number of nitrogens with one attached hydrogen (secondary N) is 1. The van der Waals surface area contributed by atoms with Crippen molar-refractivity contribution < 1.29 is 24.2 Å². The molecule has 0 aromatic heterocycles. The number of rotatable bonds is 6. The van der Waals surface area contributed by atoms with Crippen LogP contribution in [0, 0.1) is 6.92 Å². The number of carboxylic acids is 1. The molecule has 1 aliphatic rings. The molecule has 1 heterocycles. The molecule has 6 heteroatoms. The molecule has 1 aromatic rings. The maximum Gasteiger partial charge on any atom is 0.332 e. The third-order valence-corrected chi connectivity index (χ3v) is 3.47. The number of ether oxygens (including phenoxy) is 2. The maximum absolute atomic E-state index is 12.0. The Kier molecular flexibility index (Phi) is 5.38. The fourth-order valence-corrected chi connectivity index (χ4v) is 2.32. The molecule has 0 radical (unpaired) electrons. The normalized spacial score (nSPS) is 22.1. The van der Waals surface area contributed by atoms with E-state index in [9.17, 15) is 9.59 Å². The van der Waals surface area contributed by atoms with Gasteiger partial charge in [0.1, 0.15) is 18.5 Å². The first kappa shape index (κ1) is 16.3. The van der Waals surface area contributed by atoms with Crippen molar-refractivity contribution in [2.24, 2.45) is 0 Å². The van der Waals surface area contributed by atoms with Crippen LogP contribution in [-0.4, -0.2) is 41.8 Å². The minimum Gasteiger partial charge on any atom is -0.491 e. The van der Waals surface area contributed by atoms with Crippen LogP contribution in [-0.2, 0) is 14.3 Å². The third-order valence-electron chi connectivity index (χ3n) is 3.47. The molecule has 120 valence electrons. The highest BCUT2D eigenvalue weighted by atomic mass is 16.5. The van der Waals surface area contributed by atoms with Crippen molar-refractivity contribution in [3.8, 4) is 5.75 Å². The first-order valence-electron chi connectivity index (χ1n) is 7.34. The molecule has 1 saturated heterocycles. The summed E-state index contributed by atoms with van der Waals surface area (Å²) >= 11 is 0. The zero-order chi connectivity index (χ0) is 16.1. The van der Waals surface area contributed by atoms with E-state index in [1.165, 1.54) is 0 Å². The van der Waals surface area contributed by atoms with E-state index in [0.29, 0.717) is 19.4 Å². The second-order valence-electron chi connectivity index (χ2n) is 5.57. The molecule has 1 amide bonds. The molecule has 1 aromatic carbocycles. The van der Waals surface area contributed by atoms with Crippen molar-refractivity contribution in [3.63, 3.8) is 0 Å². The molecule has 0 bridgehead atoms. The monoisotopic (exact) mass is 307 g/mol. The maximum atomic E-state index is 12.0. The summed E-state index contributed by atoms with van der Waals surface area (Å²) in [4.78, 5) is 22.8. The van der Waals surface area contributed by atoms with E-state index in [2.05, 4.69) is 5.32 Å². The zero-order valence-electron chi connectivity index (χ0n) is 12.7. The Morgan fingerprint density at radius 1 is 1.41 bits per heavy atom. The molecule has 1 fully saturated rings. The zero-order valence-corrected chi connectivity index (χ0v) is 12.7. The summed E-state index contributed by atoms with van der Waals surface area (Å²) < 4.78 is 10.8. The molecule has 3 atom stereocenters. The van der Waals surface area contributed by atoms with Gasteiger partial charge in [0.2, 0.25) is 5.91 Å². The summed E-state index contributed by atoms with van der Waals surface area (Å²) in [6.07, 6.45) is -0.785. The van der Waals surface area contributed by atoms with Gasteiger partial charge in [-0.3, -0.25) is 4.79 Å². The Labute approximate surface area is 129 Å². The van der Waals surface area contributed by atoms with Crippen LogP contribution >= 0.6 is 0 Å². The number of amides is 1. The van der Waals surface area contributed by atoms with Crippen LogP contribution in [0.3, 0.4) is 0 Å². The van der Waals surface area contributed by atoms with Crippen LogP contribution in [0.25, 0.3) is 0 Å². The molecule has 22 heavy (non-hydrogen) atoms. The summed E-state index contributed by atoms with van der Waals surface area (Å²) in [6.45, 7) is 4.15. The quantitative estimate of drug-likeness (QED) is 0.832. The fourth-order valence-electron chi connectivity index (χ4n) is 2.32. The number of hydrogen-bond donors (Lipinski definition) is 2. The molecule has 2 N–H and O–H groups in total. The Morgan fingerprint density at radius 2 is 2.14 bits per heavy atom. The van der Waals surface area contributed by atoms with Gasteiger partial charge in [0, 0.05) is 0 Å². The number of hydrogen-bond acceptors (Lipinski definition) is 4. The molecule has 2 rings (SSSR count). The van der Waals surface area contributed by atoms with Gasteiger partial charge in [0.15, 0.2) is 6.10 Å². The molecule has 0 aliphatic carbocycles. The van der Waals surface area contributed by atoms with Crippen LogP contribution in [0.1, 0.15) is 25.3 Å². The first-order chi connectivity index (χ1) is 10.5. The van der Waals surface area contributed by atoms with Gasteiger partial charge in [-0.15, -0.1) is 0 Å². The van der Waals surface area contributed by atoms with Crippen LogP contribution in [0.5, 0.6) is 5.75 Å². The van der Waals surface area contributed by atoms with Gasteiger partial charge >= 0.3 is 5.97 Å². The third kappa shape index (κ3) is 4.46. The second-order valence-corrected chi connectivity index (χ2v) is 5.57. The van der Waals surface area contributed by atoms with Crippen molar-refractivity contribution in [3.05, 3.63) is 29.8 Å². The molecule has 1 unspecified atom stereocenters. The Bertz CT molecular complexity index is 545. The lowest BCUT2D eigenvalue weighted by Gasteiger charge is -2.18. The average molecular weight is 307 g/mol. The Morgan fingerprint density at radius 3 is 2.77 bits per heavy atom. The molecular formula is C16H21NO5. The van der Waals surface area contributed by atoms with Crippen LogP contribution < -0.4 is 10.1 Å². The minimum absolute atomic E-state index is 0.194. The molecule has 0 saturated carbocycles. The standard InChI is InChI=1S/C16H21NO5/c1-10-4-3-5-12(8-10)21-9-11(2)17-15(18)13-6-7-14(22-13)16(19)20/h3-5,8,11,13-14H,6-7,9H2,1-2H3,(H,17,18)(H,19,20)/t11?,13-,14+/m0/s1. The molecule has 1 aliphatic heterocycles. The SMILES string of the molecule is Cc1cccc(OCC(C)NC(=O)[C@@H]2CC[C@H](C(=O)O)O2)c1. The first-order valence-corrected chi connectivity index (χ1v) is 7.34. The van der Waals surface area contributed by atoms with Gasteiger partial charge in [-0.05, 0) is 44.4 Å². The van der Waals surface area contributed by atoms with E-state index in [1.54, 1.807) is 0 Å². The highest BCUT2D eigenvalue weighted by Crippen LogP contribution is 2.20. The topological polar surface area (TPSA) is 84.9 Å². The molecular weight excluding hydrogens is 286 g/mol. The van der Waals surface area contributed by atoms with E-state index in [0.717, 1.165) is 11.3 Å². The van der Waals surface area contributed by atoms with Gasteiger partial charge in [-0.1, -0.05) is 12.1 Å². The van der Waals surface area contributed by atoms with Gasteiger partial charge in [0.25, 0.3) is 0 Å². The number of carbonyl (C=O) groups is 2. The Hall–Kier alpha value is -2.08.